The second-order valence-corrected chi connectivity index (χ2v) is 6.24. The van der Waals surface area contributed by atoms with E-state index in [1.807, 2.05) is 26.8 Å². The number of halogens is 4. The quantitative estimate of drug-likeness (QED) is 0.701. The van der Waals surface area contributed by atoms with Gasteiger partial charge in [-0.05, 0) is 34.7 Å². The second-order valence-electron chi connectivity index (χ2n) is 6.24. The van der Waals surface area contributed by atoms with E-state index in [9.17, 15) is 17.6 Å². The predicted octanol–water partition coefficient (Wildman–Crippen LogP) is 5.13. The summed E-state index contributed by atoms with van der Waals surface area (Å²) >= 11 is 0. The lowest BCUT2D eigenvalue weighted by atomic mass is 9.87. The Morgan fingerprint density at radius 2 is 1.73 bits per heavy atom. The monoisotopic (exact) mass is 311 g/mol. The molecule has 0 aliphatic rings. The Kier molecular flexibility index (Phi) is 4.27. The van der Waals surface area contributed by atoms with Crippen LogP contribution in [0, 0.1) is 5.82 Å². The Balaban J connectivity index is 2.36. The summed E-state index contributed by atoms with van der Waals surface area (Å²) in [4.78, 5) is 4.13. The molecule has 2 aromatic rings. The molecule has 0 N–H and O–H groups in total. The van der Waals surface area contributed by atoms with Gasteiger partial charge in [0, 0.05) is 18.3 Å². The molecule has 0 saturated heterocycles. The van der Waals surface area contributed by atoms with Crippen molar-refractivity contribution in [1.29, 1.82) is 0 Å². The van der Waals surface area contributed by atoms with Gasteiger partial charge < -0.3 is 0 Å². The van der Waals surface area contributed by atoms with Crippen LogP contribution >= 0.6 is 0 Å². The van der Waals surface area contributed by atoms with Crippen molar-refractivity contribution >= 4 is 0 Å². The number of rotatable bonds is 2. The van der Waals surface area contributed by atoms with Crippen molar-refractivity contribution in [1.82, 2.24) is 4.98 Å². The predicted molar refractivity (Wildman–Crippen MR) is 77.1 cm³/mol. The van der Waals surface area contributed by atoms with E-state index in [0.717, 1.165) is 11.6 Å². The zero-order chi connectivity index (χ0) is 16.5. The second kappa shape index (κ2) is 5.71. The zero-order valence-corrected chi connectivity index (χ0v) is 12.6. The fraction of sp³-hybridized carbons (Fsp3) is 0.353. The fourth-order valence-electron chi connectivity index (χ4n) is 2.17. The Morgan fingerprint density at radius 3 is 2.32 bits per heavy atom. The first-order valence-electron chi connectivity index (χ1n) is 6.89. The maximum atomic E-state index is 14.0. The summed E-state index contributed by atoms with van der Waals surface area (Å²) in [5, 5.41) is 0. The standard InChI is InChI=1S/C17H17F4N/c1-16(2,3)12-7-8-22-13(10-12)9-11-5-4-6-14(15(11)18)17(19,20)21/h4-8,10H,9H2,1-3H3. The molecule has 0 bridgehead atoms. The number of hydrogen-bond donors (Lipinski definition) is 0. The van der Waals surface area contributed by atoms with Crippen LogP contribution in [0.1, 0.15) is 43.2 Å². The highest BCUT2D eigenvalue weighted by atomic mass is 19.4. The summed E-state index contributed by atoms with van der Waals surface area (Å²) in [7, 11) is 0. The van der Waals surface area contributed by atoms with Crippen LogP contribution in [0.25, 0.3) is 0 Å². The lowest BCUT2D eigenvalue weighted by Crippen LogP contribution is -2.12. The molecule has 1 aromatic carbocycles. The number of benzene rings is 1. The molecule has 0 amide bonds. The summed E-state index contributed by atoms with van der Waals surface area (Å²) in [6.45, 7) is 6.07. The third-order valence-electron chi connectivity index (χ3n) is 3.44. The summed E-state index contributed by atoms with van der Waals surface area (Å²) in [6, 6.07) is 6.98. The van der Waals surface area contributed by atoms with Crippen LogP contribution < -0.4 is 0 Å². The molecule has 0 aliphatic heterocycles. The van der Waals surface area contributed by atoms with E-state index in [0.29, 0.717) is 5.69 Å². The third-order valence-corrected chi connectivity index (χ3v) is 3.44. The maximum Gasteiger partial charge on any atom is 0.419 e. The first kappa shape index (κ1) is 16.5. The van der Waals surface area contributed by atoms with E-state index in [1.165, 1.54) is 12.1 Å². The van der Waals surface area contributed by atoms with Crippen LogP contribution in [0.4, 0.5) is 17.6 Å². The zero-order valence-electron chi connectivity index (χ0n) is 12.6. The minimum atomic E-state index is -4.69. The van der Waals surface area contributed by atoms with Gasteiger partial charge in [0.2, 0.25) is 0 Å². The largest absolute Gasteiger partial charge is 0.419 e. The van der Waals surface area contributed by atoms with Gasteiger partial charge in [-0.15, -0.1) is 0 Å². The van der Waals surface area contributed by atoms with E-state index in [1.54, 1.807) is 12.3 Å². The first-order valence-corrected chi connectivity index (χ1v) is 6.89. The highest BCUT2D eigenvalue weighted by Gasteiger charge is 2.34. The normalized spacial score (nSPS) is 12.5. The molecule has 22 heavy (non-hydrogen) atoms. The topological polar surface area (TPSA) is 12.9 Å². The van der Waals surface area contributed by atoms with Gasteiger partial charge in [-0.2, -0.15) is 13.2 Å². The van der Waals surface area contributed by atoms with Crippen LogP contribution in [-0.4, -0.2) is 4.98 Å². The number of nitrogens with zero attached hydrogens (tertiary/aromatic N) is 1. The van der Waals surface area contributed by atoms with Gasteiger partial charge in [-0.3, -0.25) is 4.98 Å². The highest BCUT2D eigenvalue weighted by Crippen LogP contribution is 2.33. The lowest BCUT2D eigenvalue weighted by molar-refractivity contribution is -0.140. The van der Waals surface area contributed by atoms with Gasteiger partial charge in [0.05, 0.1) is 5.56 Å². The Labute approximate surface area is 127 Å². The van der Waals surface area contributed by atoms with Crippen molar-refractivity contribution in [2.75, 3.05) is 0 Å². The Hall–Kier alpha value is -1.91. The first-order chi connectivity index (χ1) is 10.1. The average molecular weight is 311 g/mol. The van der Waals surface area contributed by atoms with Gasteiger partial charge in [0.15, 0.2) is 0 Å². The van der Waals surface area contributed by atoms with Gasteiger partial charge in [0.25, 0.3) is 0 Å². The van der Waals surface area contributed by atoms with Crippen LogP contribution in [0.15, 0.2) is 36.5 Å². The van der Waals surface area contributed by atoms with Crippen molar-refractivity contribution in [3.63, 3.8) is 0 Å². The molecule has 0 saturated carbocycles. The van der Waals surface area contributed by atoms with Gasteiger partial charge in [-0.1, -0.05) is 32.9 Å². The summed E-state index contributed by atoms with van der Waals surface area (Å²) in [5.41, 5.74) is 0.199. The number of pyridine rings is 1. The SMILES string of the molecule is CC(C)(C)c1ccnc(Cc2cccc(C(F)(F)F)c2F)c1. The van der Waals surface area contributed by atoms with Crippen molar-refractivity contribution < 1.29 is 17.6 Å². The van der Waals surface area contributed by atoms with Crippen LogP contribution in [0.2, 0.25) is 0 Å². The van der Waals surface area contributed by atoms with Crippen LogP contribution in [0.5, 0.6) is 0 Å². The molecule has 0 radical (unpaired) electrons. The van der Waals surface area contributed by atoms with Gasteiger partial charge in [0.1, 0.15) is 5.82 Å². The van der Waals surface area contributed by atoms with Crippen LogP contribution in [0.3, 0.4) is 0 Å². The van der Waals surface area contributed by atoms with E-state index in [2.05, 4.69) is 4.98 Å². The molecule has 0 aliphatic carbocycles. The molecule has 0 spiro atoms. The summed E-state index contributed by atoms with van der Waals surface area (Å²) in [6.07, 6.45) is -3.07. The number of hydrogen-bond acceptors (Lipinski definition) is 1. The van der Waals surface area contributed by atoms with E-state index in [4.69, 9.17) is 0 Å². The third kappa shape index (κ3) is 3.64. The lowest BCUT2D eigenvalue weighted by Gasteiger charge is -2.19. The van der Waals surface area contributed by atoms with Crippen molar-refractivity contribution in [3.8, 4) is 0 Å². The minimum Gasteiger partial charge on any atom is -0.261 e. The molecule has 1 nitrogen and oxygen atoms in total. The fourth-order valence-corrected chi connectivity index (χ4v) is 2.17. The number of alkyl halides is 3. The number of aromatic nitrogens is 1. The molecule has 0 unspecified atom stereocenters. The van der Waals surface area contributed by atoms with Gasteiger partial charge >= 0.3 is 6.18 Å². The van der Waals surface area contributed by atoms with Crippen LogP contribution in [-0.2, 0) is 18.0 Å². The minimum absolute atomic E-state index is 0.00613. The Bertz CT molecular complexity index is 669. The van der Waals surface area contributed by atoms with Gasteiger partial charge in [-0.25, -0.2) is 4.39 Å². The Morgan fingerprint density at radius 1 is 1.05 bits per heavy atom. The van der Waals surface area contributed by atoms with Crippen molar-refractivity contribution in [2.24, 2.45) is 0 Å². The van der Waals surface area contributed by atoms with Crippen molar-refractivity contribution in [2.45, 2.75) is 38.8 Å². The molecule has 1 aromatic heterocycles. The van der Waals surface area contributed by atoms with Crippen molar-refractivity contribution in [3.05, 3.63) is 64.7 Å². The molecular formula is C17H17F4N. The average Bonchev–Trinajstić information content (AvgIpc) is 2.39. The van der Waals surface area contributed by atoms with E-state index < -0.39 is 17.6 Å². The highest BCUT2D eigenvalue weighted by molar-refractivity contribution is 5.32. The molecule has 0 fully saturated rings. The molecule has 0 atom stereocenters. The molecular weight excluding hydrogens is 294 g/mol. The molecule has 118 valence electrons. The summed E-state index contributed by atoms with van der Waals surface area (Å²) < 4.78 is 52.2. The van der Waals surface area contributed by atoms with E-state index in [-0.39, 0.29) is 17.4 Å². The summed E-state index contributed by atoms with van der Waals surface area (Å²) in [5.74, 6) is -1.22. The molecule has 1 heterocycles. The smallest absolute Gasteiger partial charge is 0.261 e. The van der Waals surface area contributed by atoms with E-state index >= 15 is 0 Å². The molecule has 2 rings (SSSR count). The molecule has 5 heteroatoms. The maximum absolute atomic E-state index is 14.0.